The second-order valence-electron chi connectivity index (χ2n) is 7.80. The highest BCUT2D eigenvalue weighted by molar-refractivity contribution is 5.41. The van der Waals surface area contributed by atoms with Crippen molar-refractivity contribution in [1.29, 1.82) is 0 Å². The van der Waals surface area contributed by atoms with Crippen molar-refractivity contribution >= 4 is 11.5 Å². The summed E-state index contributed by atoms with van der Waals surface area (Å²) >= 11 is 0. The van der Waals surface area contributed by atoms with Crippen molar-refractivity contribution < 1.29 is 9.45 Å². The third-order valence-corrected chi connectivity index (χ3v) is 5.55. The topological polar surface area (TPSA) is 121 Å². The molecule has 8 nitrogen and oxygen atoms in total. The molecule has 32 heavy (non-hydrogen) atoms. The average molecular weight is 429 g/mol. The minimum atomic E-state index is -0.402. The first-order valence-electron chi connectivity index (χ1n) is 10.2. The number of nitrogens with two attached hydrogens (primary N) is 1. The number of aromatic nitrogens is 3. The number of hydrogen-bond acceptors (Lipinski definition) is 7. The van der Waals surface area contributed by atoms with Gasteiger partial charge in [0.25, 0.3) is 5.69 Å². The molecule has 2 N–H and O–H groups in total. The number of pyridine rings is 1. The summed E-state index contributed by atoms with van der Waals surface area (Å²) < 4.78 is 5.63. The zero-order valence-corrected chi connectivity index (χ0v) is 17.9. The van der Waals surface area contributed by atoms with E-state index in [1.165, 1.54) is 17.2 Å². The van der Waals surface area contributed by atoms with Crippen LogP contribution >= 0.6 is 0 Å². The van der Waals surface area contributed by atoms with E-state index in [2.05, 4.69) is 47.2 Å². The van der Waals surface area contributed by atoms with Crippen molar-refractivity contribution in [2.75, 3.05) is 5.73 Å². The summed E-state index contributed by atoms with van der Waals surface area (Å²) in [5, 5.41) is 15.5. The average Bonchev–Trinajstić information content (AvgIpc) is 3.24. The van der Waals surface area contributed by atoms with Crippen LogP contribution < -0.4 is 5.73 Å². The van der Waals surface area contributed by atoms with Gasteiger partial charge in [-0.2, -0.15) is 4.98 Å². The van der Waals surface area contributed by atoms with Gasteiger partial charge in [0.15, 0.2) is 5.82 Å². The first kappa shape index (κ1) is 21.2. The summed E-state index contributed by atoms with van der Waals surface area (Å²) in [5.74, 6) is 0.977. The second-order valence-corrected chi connectivity index (χ2v) is 7.80. The second kappa shape index (κ2) is 8.97. The molecule has 8 heteroatoms. The predicted octanol–water partition coefficient (Wildman–Crippen LogP) is 4.54. The lowest BCUT2D eigenvalue weighted by molar-refractivity contribution is -0.384. The molecule has 0 aliphatic heterocycles. The molecule has 0 radical (unpaired) electrons. The Morgan fingerprint density at radius 2 is 1.94 bits per heavy atom. The van der Waals surface area contributed by atoms with Gasteiger partial charge in [-0.15, -0.1) is 0 Å². The summed E-state index contributed by atoms with van der Waals surface area (Å²) in [4.78, 5) is 19.6. The zero-order valence-electron chi connectivity index (χ0n) is 17.9. The van der Waals surface area contributed by atoms with Crippen molar-refractivity contribution in [3.63, 3.8) is 0 Å². The number of anilines is 1. The van der Waals surface area contributed by atoms with Crippen LogP contribution in [0, 0.1) is 24.0 Å². The number of nitro groups is 1. The summed E-state index contributed by atoms with van der Waals surface area (Å²) in [7, 11) is 0. The molecule has 0 spiro atoms. The highest BCUT2D eigenvalue weighted by Crippen LogP contribution is 2.30. The Labute approximate surface area is 185 Å². The Morgan fingerprint density at radius 1 is 1.09 bits per heavy atom. The lowest BCUT2D eigenvalue weighted by Gasteiger charge is -2.14. The van der Waals surface area contributed by atoms with Gasteiger partial charge < -0.3 is 10.3 Å². The van der Waals surface area contributed by atoms with Crippen LogP contribution in [0.3, 0.4) is 0 Å². The fourth-order valence-electron chi connectivity index (χ4n) is 3.62. The quantitative estimate of drug-likeness (QED) is 0.338. The summed E-state index contributed by atoms with van der Waals surface area (Å²) in [5.41, 5.74) is 11.0. The van der Waals surface area contributed by atoms with Crippen molar-refractivity contribution in [1.82, 2.24) is 15.1 Å². The van der Waals surface area contributed by atoms with E-state index in [0.29, 0.717) is 30.4 Å². The van der Waals surface area contributed by atoms with Gasteiger partial charge in [0.2, 0.25) is 5.89 Å². The molecule has 0 aliphatic rings. The highest BCUT2D eigenvalue weighted by atomic mass is 16.6. The largest absolute Gasteiger partial charge is 0.383 e. The van der Waals surface area contributed by atoms with Crippen LogP contribution in [0.1, 0.15) is 45.5 Å². The molecule has 4 aromatic rings. The van der Waals surface area contributed by atoms with E-state index in [1.54, 1.807) is 24.4 Å². The van der Waals surface area contributed by atoms with E-state index in [0.717, 1.165) is 16.7 Å². The molecule has 162 valence electrons. The molecule has 2 heterocycles. The Balaban J connectivity index is 1.70. The molecule has 0 amide bonds. The van der Waals surface area contributed by atoms with Crippen LogP contribution in [0.4, 0.5) is 11.5 Å². The van der Waals surface area contributed by atoms with Crippen LogP contribution in [0.5, 0.6) is 0 Å². The third kappa shape index (κ3) is 4.64. The number of non-ortho nitro benzene ring substituents is 1. The Kier molecular flexibility index (Phi) is 5.93. The molecule has 2 aromatic carbocycles. The fourth-order valence-corrected chi connectivity index (χ4v) is 3.62. The van der Waals surface area contributed by atoms with Crippen LogP contribution in [0.15, 0.2) is 65.3 Å². The first-order valence-corrected chi connectivity index (χ1v) is 10.2. The van der Waals surface area contributed by atoms with Gasteiger partial charge in [0.1, 0.15) is 5.82 Å². The Hall–Kier alpha value is -4.07. The molecule has 2 aromatic heterocycles. The number of nitrogens with zero attached hydrogens (tertiary/aromatic N) is 4. The zero-order chi connectivity index (χ0) is 22.7. The van der Waals surface area contributed by atoms with Crippen molar-refractivity contribution in [3.05, 3.63) is 110 Å². The minimum absolute atomic E-state index is 0.0236. The third-order valence-electron chi connectivity index (χ3n) is 5.55. The summed E-state index contributed by atoms with van der Waals surface area (Å²) in [6, 6.07) is 16.5. The number of hydrogen-bond donors (Lipinski definition) is 1. The molecule has 4 rings (SSSR count). The standard InChI is InChI=1S/C24H23N5O3/c1-15-8-9-17(11-16(15)2)12-21(18-5-3-7-20(13-18)29(30)31)24-27-22(28-32-24)14-19-6-4-10-26-23(19)25/h3-11,13,21H,12,14H2,1-2H3,(H2,25,26). The fraction of sp³-hybridized carbons (Fsp3) is 0.208. The van der Waals surface area contributed by atoms with E-state index < -0.39 is 4.92 Å². The van der Waals surface area contributed by atoms with Gasteiger partial charge in [-0.3, -0.25) is 10.1 Å². The number of benzene rings is 2. The summed E-state index contributed by atoms with van der Waals surface area (Å²) in [6.07, 6.45) is 2.58. The minimum Gasteiger partial charge on any atom is -0.383 e. The van der Waals surface area contributed by atoms with E-state index in [1.807, 2.05) is 12.1 Å². The van der Waals surface area contributed by atoms with Gasteiger partial charge in [0.05, 0.1) is 10.8 Å². The Morgan fingerprint density at radius 3 is 2.69 bits per heavy atom. The van der Waals surface area contributed by atoms with Crippen LogP contribution in [0.25, 0.3) is 0 Å². The smallest absolute Gasteiger partial charge is 0.269 e. The van der Waals surface area contributed by atoms with Gasteiger partial charge in [0, 0.05) is 30.3 Å². The van der Waals surface area contributed by atoms with Crippen molar-refractivity contribution in [2.45, 2.75) is 32.6 Å². The maximum atomic E-state index is 11.3. The van der Waals surface area contributed by atoms with Crippen LogP contribution in [0.2, 0.25) is 0 Å². The SMILES string of the molecule is Cc1ccc(CC(c2cccc([N+](=O)[O-])c2)c2nc(Cc3cccnc3N)no2)cc1C. The van der Waals surface area contributed by atoms with Crippen LogP contribution in [-0.2, 0) is 12.8 Å². The maximum absolute atomic E-state index is 11.3. The number of nitrogen functional groups attached to an aromatic ring is 1. The summed E-state index contributed by atoms with van der Waals surface area (Å²) in [6.45, 7) is 4.12. The number of nitro benzene ring substituents is 1. The molecule has 0 saturated carbocycles. The molecular formula is C24H23N5O3. The highest BCUT2D eigenvalue weighted by Gasteiger charge is 2.24. The molecule has 1 unspecified atom stereocenters. The molecule has 0 saturated heterocycles. The van der Waals surface area contributed by atoms with Gasteiger partial charge in [-0.1, -0.05) is 41.6 Å². The van der Waals surface area contributed by atoms with Crippen LogP contribution in [-0.4, -0.2) is 20.0 Å². The molecular weight excluding hydrogens is 406 g/mol. The number of aryl methyl sites for hydroxylation is 2. The lowest BCUT2D eigenvalue weighted by Crippen LogP contribution is -2.07. The normalized spacial score (nSPS) is 11.9. The van der Waals surface area contributed by atoms with Crippen molar-refractivity contribution in [3.8, 4) is 0 Å². The monoisotopic (exact) mass is 429 g/mol. The first-order chi connectivity index (χ1) is 15.4. The maximum Gasteiger partial charge on any atom is 0.269 e. The van der Waals surface area contributed by atoms with E-state index >= 15 is 0 Å². The lowest BCUT2D eigenvalue weighted by atomic mass is 9.90. The van der Waals surface area contributed by atoms with Gasteiger partial charge in [-0.05, 0) is 48.6 Å². The van der Waals surface area contributed by atoms with Crippen molar-refractivity contribution in [2.24, 2.45) is 0 Å². The van der Waals surface area contributed by atoms with Gasteiger partial charge >= 0.3 is 0 Å². The molecule has 1 atom stereocenters. The predicted molar refractivity (Wildman–Crippen MR) is 120 cm³/mol. The van der Waals surface area contributed by atoms with Gasteiger partial charge in [-0.25, -0.2) is 4.98 Å². The van der Waals surface area contributed by atoms with E-state index in [-0.39, 0.29) is 11.6 Å². The number of rotatable bonds is 7. The van der Waals surface area contributed by atoms with E-state index in [9.17, 15) is 10.1 Å². The Bertz CT molecular complexity index is 1270. The molecule has 0 aliphatic carbocycles. The molecule has 0 bridgehead atoms. The molecule has 0 fully saturated rings. The van der Waals surface area contributed by atoms with E-state index in [4.69, 9.17) is 10.3 Å².